The summed E-state index contributed by atoms with van der Waals surface area (Å²) in [6, 6.07) is 2.30. The summed E-state index contributed by atoms with van der Waals surface area (Å²) in [5, 5.41) is 2.71. The van der Waals surface area contributed by atoms with Gasteiger partial charge in [0.2, 0.25) is 5.91 Å². The number of nitrogens with one attached hydrogen (secondary N) is 2. The highest BCUT2D eigenvalue weighted by molar-refractivity contribution is 7.71. The van der Waals surface area contributed by atoms with Crippen molar-refractivity contribution >= 4 is 18.1 Å². The summed E-state index contributed by atoms with van der Waals surface area (Å²) < 4.78 is 29.8. The third-order valence-electron chi connectivity index (χ3n) is 4.34. The molecule has 0 spiro atoms. The van der Waals surface area contributed by atoms with Crippen LogP contribution < -0.4 is 11.1 Å². The quantitative estimate of drug-likeness (QED) is 0.738. The van der Waals surface area contributed by atoms with Crippen molar-refractivity contribution in [2.45, 2.75) is 31.8 Å². The molecular formula is C16H18F2N4OS. The zero-order valence-corrected chi connectivity index (χ0v) is 13.8. The van der Waals surface area contributed by atoms with E-state index < -0.39 is 11.6 Å². The molecule has 1 atom stereocenters. The van der Waals surface area contributed by atoms with E-state index in [1.165, 1.54) is 6.07 Å². The predicted molar refractivity (Wildman–Crippen MR) is 87.9 cm³/mol. The van der Waals surface area contributed by atoms with Crippen LogP contribution in [0, 0.1) is 16.4 Å². The fourth-order valence-corrected chi connectivity index (χ4v) is 3.54. The highest BCUT2D eigenvalue weighted by Gasteiger charge is 2.25. The van der Waals surface area contributed by atoms with Gasteiger partial charge in [-0.3, -0.25) is 4.79 Å². The average molecular weight is 352 g/mol. The Labute approximate surface area is 142 Å². The Hall–Kier alpha value is -2.06. The highest BCUT2D eigenvalue weighted by atomic mass is 32.1. The molecule has 0 aliphatic heterocycles. The number of fused-ring (bicyclic) bond motifs is 1. The second-order valence-electron chi connectivity index (χ2n) is 5.86. The third-order valence-corrected chi connectivity index (χ3v) is 4.66. The van der Waals surface area contributed by atoms with Gasteiger partial charge in [-0.2, -0.15) is 0 Å². The first-order valence-corrected chi connectivity index (χ1v) is 8.12. The van der Waals surface area contributed by atoms with E-state index in [0.717, 1.165) is 11.8 Å². The molecule has 24 heavy (non-hydrogen) atoms. The molecule has 1 aliphatic rings. The topological polar surface area (TPSA) is 75.8 Å². The Bertz CT molecular complexity index is 830. The van der Waals surface area contributed by atoms with E-state index in [-0.39, 0.29) is 18.5 Å². The number of imidazole rings is 1. The number of H-pyrrole nitrogens is 1. The summed E-state index contributed by atoms with van der Waals surface area (Å²) in [6.07, 6.45) is 3.45. The average Bonchev–Trinajstić information content (AvgIpc) is 2.92. The Balaban J connectivity index is 1.86. The van der Waals surface area contributed by atoms with Crippen molar-refractivity contribution in [3.8, 4) is 0 Å². The van der Waals surface area contributed by atoms with Crippen molar-refractivity contribution in [3.63, 3.8) is 0 Å². The molecule has 2 aromatic rings. The first kappa shape index (κ1) is 16.8. The van der Waals surface area contributed by atoms with Crippen LogP contribution in [-0.4, -0.2) is 22.0 Å². The minimum absolute atomic E-state index is 0.0118. The van der Waals surface area contributed by atoms with Gasteiger partial charge in [0, 0.05) is 18.3 Å². The molecule has 1 aromatic carbocycles. The maximum absolute atomic E-state index is 13.9. The minimum Gasteiger partial charge on any atom is -0.349 e. The first-order valence-electron chi connectivity index (χ1n) is 7.72. The van der Waals surface area contributed by atoms with Gasteiger partial charge in [-0.1, -0.05) is 0 Å². The van der Waals surface area contributed by atoms with E-state index >= 15 is 0 Å². The molecule has 0 bridgehead atoms. The fraction of sp³-hybridized carbons (Fsp3) is 0.375. The zero-order valence-electron chi connectivity index (χ0n) is 12.9. The number of aromatic nitrogens is 2. The summed E-state index contributed by atoms with van der Waals surface area (Å²) in [7, 11) is 0. The van der Waals surface area contributed by atoms with Gasteiger partial charge in [-0.15, -0.1) is 0 Å². The monoisotopic (exact) mass is 352 g/mol. The number of carbonyl (C=O) groups is 1. The van der Waals surface area contributed by atoms with Crippen LogP contribution in [-0.2, 0) is 24.2 Å². The number of rotatable bonds is 4. The number of halogens is 2. The zero-order chi connectivity index (χ0) is 17.3. The molecule has 128 valence electrons. The molecule has 1 aromatic heterocycles. The van der Waals surface area contributed by atoms with Crippen LogP contribution in [0.25, 0.3) is 0 Å². The van der Waals surface area contributed by atoms with E-state index in [0.29, 0.717) is 41.7 Å². The van der Waals surface area contributed by atoms with Crippen molar-refractivity contribution in [2.75, 3.05) is 6.54 Å². The van der Waals surface area contributed by atoms with E-state index in [1.807, 2.05) is 4.57 Å². The maximum atomic E-state index is 13.9. The summed E-state index contributed by atoms with van der Waals surface area (Å²) in [5.74, 6) is -1.32. The molecule has 0 radical (unpaired) electrons. The number of carbonyl (C=O) groups excluding carboxylic acids is 1. The van der Waals surface area contributed by atoms with E-state index in [4.69, 9.17) is 18.0 Å². The number of hydrogen-bond donors (Lipinski definition) is 3. The lowest BCUT2D eigenvalue weighted by Crippen LogP contribution is -2.31. The van der Waals surface area contributed by atoms with Crippen LogP contribution in [0.3, 0.4) is 0 Å². The van der Waals surface area contributed by atoms with Gasteiger partial charge in [0.15, 0.2) is 4.77 Å². The molecule has 1 amide bonds. The van der Waals surface area contributed by atoms with Crippen molar-refractivity contribution < 1.29 is 13.6 Å². The molecule has 0 fully saturated rings. The second kappa shape index (κ2) is 6.82. The number of hydrogen-bond acceptors (Lipinski definition) is 3. The summed E-state index contributed by atoms with van der Waals surface area (Å²) in [6.45, 7) is 0.213. The van der Waals surface area contributed by atoms with E-state index in [1.54, 1.807) is 6.20 Å². The van der Waals surface area contributed by atoms with Crippen molar-refractivity contribution in [1.29, 1.82) is 0 Å². The van der Waals surface area contributed by atoms with Gasteiger partial charge in [0.25, 0.3) is 0 Å². The predicted octanol–water partition coefficient (Wildman–Crippen LogP) is 2.13. The SMILES string of the molecule is NCC(=O)NCc1c[nH]c(=S)n1[C@H]1CCc2c(F)cc(F)cc2C1. The molecule has 5 nitrogen and oxygen atoms in total. The summed E-state index contributed by atoms with van der Waals surface area (Å²) in [5.41, 5.74) is 7.34. The second-order valence-corrected chi connectivity index (χ2v) is 6.24. The number of benzene rings is 1. The molecule has 4 N–H and O–H groups in total. The minimum atomic E-state index is -0.569. The highest BCUT2D eigenvalue weighted by Crippen LogP contribution is 2.32. The smallest absolute Gasteiger partial charge is 0.234 e. The summed E-state index contributed by atoms with van der Waals surface area (Å²) >= 11 is 5.33. The van der Waals surface area contributed by atoms with Crippen LogP contribution in [0.5, 0.6) is 0 Å². The lowest BCUT2D eigenvalue weighted by molar-refractivity contribution is -0.119. The molecular weight excluding hydrogens is 334 g/mol. The van der Waals surface area contributed by atoms with Crippen LogP contribution in [0.2, 0.25) is 0 Å². The van der Waals surface area contributed by atoms with Gasteiger partial charge in [0.05, 0.1) is 18.8 Å². The molecule has 0 unspecified atom stereocenters. The van der Waals surface area contributed by atoms with Crippen molar-refractivity contribution in [2.24, 2.45) is 5.73 Å². The lowest BCUT2D eigenvalue weighted by atomic mass is 9.87. The molecule has 0 saturated heterocycles. The standard InChI is InChI=1S/C16H18F2N4OS/c17-10-3-9-4-11(1-2-13(9)14(18)5-10)22-12(8-21-16(22)24)7-20-15(23)6-19/h3,5,8,11H,1-2,4,6-7,19H2,(H,20,23)(H,21,24)/t11-/m0/s1. The summed E-state index contributed by atoms with van der Waals surface area (Å²) in [4.78, 5) is 14.3. The van der Waals surface area contributed by atoms with Gasteiger partial charge in [-0.25, -0.2) is 8.78 Å². The third kappa shape index (κ3) is 3.25. The maximum Gasteiger partial charge on any atom is 0.234 e. The Morgan fingerprint density at radius 2 is 2.25 bits per heavy atom. The van der Waals surface area contributed by atoms with Crippen LogP contribution in [0.1, 0.15) is 29.3 Å². The Kier molecular flexibility index (Phi) is 4.77. The van der Waals surface area contributed by atoms with Crippen LogP contribution in [0.4, 0.5) is 8.78 Å². The lowest BCUT2D eigenvalue weighted by Gasteiger charge is -2.27. The number of nitrogens with zero attached hydrogens (tertiary/aromatic N) is 1. The van der Waals surface area contributed by atoms with Gasteiger partial charge in [-0.05, 0) is 48.7 Å². The Morgan fingerprint density at radius 1 is 1.46 bits per heavy atom. The molecule has 0 saturated carbocycles. The van der Waals surface area contributed by atoms with Crippen molar-refractivity contribution in [1.82, 2.24) is 14.9 Å². The largest absolute Gasteiger partial charge is 0.349 e. The number of nitrogens with two attached hydrogens (primary N) is 1. The van der Waals surface area contributed by atoms with Gasteiger partial charge in [0.1, 0.15) is 11.6 Å². The normalized spacial score (nSPS) is 16.7. The van der Waals surface area contributed by atoms with Crippen molar-refractivity contribution in [3.05, 3.63) is 51.6 Å². The van der Waals surface area contributed by atoms with E-state index in [2.05, 4.69) is 10.3 Å². The molecule has 8 heteroatoms. The molecule has 1 heterocycles. The van der Waals surface area contributed by atoms with Crippen LogP contribution in [0.15, 0.2) is 18.3 Å². The number of amides is 1. The molecule has 1 aliphatic carbocycles. The van der Waals surface area contributed by atoms with Crippen LogP contribution >= 0.6 is 12.2 Å². The fourth-order valence-electron chi connectivity index (χ4n) is 3.22. The first-order chi connectivity index (χ1) is 11.5. The molecule has 3 rings (SSSR count). The number of aromatic amines is 1. The Morgan fingerprint density at radius 3 is 3.00 bits per heavy atom. The van der Waals surface area contributed by atoms with Gasteiger partial charge < -0.3 is 20.6 Å². The van der Waals surface area contributed by atoms with E-state index in [9.17, 15) is 13.6 Å². The van der Waals surface area contributed by atoms with Gasteiger partial charge >= 0.3 is 0 Å².